The number of hydrogen-bond donors (Lipinski definition) is 0. The van der Waals surface area contributed by atoms with Gasteiger partial charge in [0, 0.05) is 18.8 Å². The molecular formula is C21H31NO. The fraction of sp³-hybridized carbons (Fsp3) is 0.429. The molecule has 0 bridgehead atoms. The Balaban J connectivity index is 0.000000816. The number of hydrogen-bond acceptors (Lipinski definition) is 2. The third-order valence-corrected chi connectivity index (χ3v) is 3.68. The van der Waals surface area contributed by atoms with E-state index in [1.165, 1.54) is 28.8 Å². The maximum atomic E-state index is 5.21. The zero-order chi connectivity index (χ0) is 17.2. The lowest BCUT2D eigenvalue weighted by molar-refractivity contribution is 0.415. The summed E-state index contributed by atoms with van der Waals surface area (Å²) in [6, 6.07) is 14.9. The summed E-state index contributed by atoms with van der Waals surface area (Å²) in [6.07, 6.45) is 1.25. The Morgan fingerprint density at radius 1 is 0.913 bits per heavy atom. The van der Waals surface area contributed by atoms with Crippen LogP contribution in [0.3, 0.4) is 0 Å². The van der Waals surface area contributed by atoms with Crippen LogP contribution >= 0.6 is 0 Å². The van der Waals surface area contributed by atoms with Crippen LogP contribution in [0.25, 0.3) is 0 Å². The fourth-order valence-corrected chi connectivity index (χ4v) is 2.41. The van der Waals surface area contributed by atoms with Crippen molar-refractivity contribution in [3.05, 3.63) is 59.2 Å². The summed E-state index contributed by atoms with van der Waals surface area (Å²) in [5, 5.41) is 0. The first-order valence-electron chi connectivity index (χ1n) is 8.50. The Kier molecular flexibility index (Phi) is 8.25. The molecule has 2 heteroatoms. The van der Waals surface area contributed by atoms with E-state index in [9.17, 15) is 0 Å². The molecule has 0 spiro atoms. The average molecular weight is 313 g/mol. The number of nitrogens with zero attached hydrogens (tertiary/aromatic N) is 1. The minimum atomic E-state index is 0.899. The standard InChI is InChI=1S/C18H23NO.C3H8/c1-5-19(17-8-10-18(20-4)11-9-17)13-16-7-6-14(2)12-15(16)3;1-3-2/h6-12H,5,13H2,1-4H3;3H2,1-2H3. The highest BCUT2D eigenvalue weighted by Gasteiger charge is 2.07. The lowest BCUT2D eigenvalue weighted by Gasteiger charge is -2.24. The summed E-state index contributed by atoms with van der Waals surface area (Å²) in [6.45, 7) is 12.7. The molecule has 0 amide bonds. The molecule has 2 nitrogen and oxygen atoms in total. The first kappa shape index (κ1) is 19.1. The van der Waals surface area contributed by atoms with Gasteiger partial charge < -0.3 is 9.64 Å². The van der Waals surface area contributed by atoms with Gasteiger partial charge in [-0.3, -0.25) is 0 Å². The van der Waals surface area contributed by atoms with Crippen LogP contribution in [-0.2, 0) is 6.54 Å². The largest absolute Gasteiger partial charge is 0.497 e. The molecule has 2 aromatic carbocycles. The van der Waals surface area contributed by atoms with E-state index in [0.717, 1.165) is 18.8 Å². The summed E-state index contributed by atoms with van der Waals surface area (Å²) in [5.41, 5.74) is 5.29. The van der Waals surface area contributed by atoms with Gasteiger partial charge in [0.2, 0.25) is 0 Å². The molecule has 0 saturated heterocycles. The van der Waals surface area contributed by atoms with Crippen LogP contribution in [-0.4, -0.2) is 13.7 Å². The van der Waals surface area contributed by atoms with Crippen molar-refractivity contribution in [3.63, 3.8) is 0 Å². The van der Waals surface area contributed by atoms with Crippen molar-refractivity contribution in [1.29, 1.82) is 0 Å². The zero-order valence-electron chi connectivity index (χ0n) is 15.5. The topological polar surface area (TPSA) is 12.5 Å². The van der Waals surface area contributed by atoms with E-state index in [2.05, 4.69) is 69.9 Å². The predicted octanol–water partition coefficient (Wildman–Crippen LogP) is 5.75. The molecule has 0 N–H and O–H groups in total. The lowest BCUT2D eigenvalue weighted by atomic mass is 10.1. The van der Waals surface area contributed by atoms with E-state index in [0.29, 0.717) is 0 Å². The number of anilines is 1. The zero-order valence-corrected chi connectivity index (χ0v) is 15.5. The average Bonchev–Trinajstić information content (AvgIpc) is 2.55. The molecule has 0 radical (unpaired) electrons. The van der Waals surface area contributed by atoms with Crippen LogP contribution in [0.2, 0.25) is 0 Å². The summed E-state index contributed by atoms with van der Waals surface area (Å²) < 4.78 is 5.21. The van der Waals surface area contributed by atoms with Crippen molar-refractivity contribution < 1.29 is 4.74 Å². The second-order valence-electron chi connectivity index (χ2n) is 5.85. The monoisotopic (exact) mass is 313 g/mol. The molecule has 126 valence electrons. The van der Waals surface area contributed by atoms with Gasteiger partial charge in [-0.2, -0.15) is 0 Å². The highest BCUT2D eigenvalue weighted by Crippen LogP contribution is 2.22. The summed E-state index contributed by atoms with van der Waals surface area (Å²) in [7, 11) is 1.70. The van der Waals surface area contributed by atoms with Gasteiger partial charge in [-0.15, -0.1) is 0 Å². The van der Waals surface area contributed by atoms with Crippen LogP contribution < -0.4 is 9.64 Å². The van der Waals surface area contributed by atoms with E-state index < -0.39 is 0 Å². The van der Waals surface area contributed by atoms with Gasteiger partial charge in [0.05, 0.1) is 7.11 Å². The van der Waals surface area contributed by atoms with Crippen molar-refractivity contribution in [2.24, 2.45) is 0 Å². The molecular weight excluding hydrogens is 282 g/mol. The molecule has 2 rings (SSSR count). The molecule has 2 aromatic rings. The normalized spacial score (nSPS) is 9.83. The van der Waals surface area contributed by atoms with Crippen LogP contribution in [0.1, 0.15) is 43.9 Å². The molecule has 0 saturated carbocycles. The maximum absolute atomic E-state index is 5.21. The van der Waals surface area contributed by atoms with Crippen molar-refractivity contribution in [2.45, 2.75) is 47.6 Å². The molecule has 0 unspecified atom stereocenters. The van der Waals surface area contributed by atoms with Gasteiger partial charge in [0.1, 0.15) is 5.75 Å². The highest BCUT2D eigenvalue weighted by atomic mass is 16.5. The quantitative estimate of drug-likeness (QED) is 0.696. The minimum Gasteiger partial charge on any atom is -0.497 e. The third kappa shape index (κ3) is 5.97. The molecule has 0 aliphatic heterocycles. The number of ether oxygens (including phenoxy) is 1. The van der Waals surface area contributed by atoms with E-state index in [4.69, 9.17) is 4.74 Å². The Labute approximate surface area is 142 Å². The SMILES string of the molecule is CCC.CCN(Cc1ccc(C)cc1C)c1ccc(OC)cc1. The Bertz CT molecular complexity index is 575. The van der Waals surface area contributed by atoms with Crippen LogP contribution in [0.4, 0.5) is 5.69 Å². The first-order valence-corrected chi connectivity index (χ1v) is 8.50. The maximum Gasteiger partial charge on any atom is 0.119 e. The Hall–Kier alpha value is -1.96. The van der Waals surface area contributed by atoms with Gasteiger partial charge in [-0.05, 0) is 56.2 Å². The molecule has 0 aliphatic rings. The number of benzene rings is 2. The van der Waals surface area contributed by atoms with E-state index >= 15 is 0 Å². The smallest absolute Gasteiger partial charge is 0.119 e. The van der Waals surface area contributed by atoms with Crippen molar-refractivity contribution in [1.82, 2.24) is 0 Å². The van der Waals surface area contributed by atoms with Gasteiger partial charge in [-0.25, -0.2) is 0 Å². The number of aryl methyl sites for hydroxylation is 2. The first-order chi connectivity index (χ1) is 11.0. The Morgan fingerprint density at radius 2 is 1.52 bits per heavy atom. The van der Waals surface area contributed by atoms with Crippen LogP contribution in [0.5, 0.6) is 5.75 Å². The highest BCUT2D eigenvalue weighted by molar-refractivity contribution is 5.50. The van der Waals surface area contributed by atoms with Crippen molar-refractivity contribution in [3.8, 4) is 5.75 Å². The molecule has 0 heterocycles. The second-order valence-corrected chi connectivity index (χ2v) is 5.85. The van der Waals surface area contributed by atoms with Crippen LogP contribution in [0, 0.1) is 13.8 Å². The second kappa shape index (κ2) is 9.94. The number of rotatable bonds is 5. The van der Waals surface area contributed by atoms with E-state index in [1.54, 1.807) is 7.11 Å². The summed E-state index contributed by atoms with van der Waals surface area (Å²) in [4.78, 5) is 2.37. The van der Waals surface area contributed by atoms with Gasteiger partial charge in [0.15, 0.2) is 0 Å². The van der Waals surface area contributed by atoms with Crippen LogP contribution in [0.15, 0.2) is 42.5 Å². The Morgan fingerprint density at radius 3 is 2.00 bits per heavy atom. The van der Waals surface area contributed by atoms with Gasteiger partial charge >= 0.3 is 0 Å². The molecule has 0 aromatic heterocycles. The van der Waals surface area contributed by atoms with Crippen molar-refractivity contribution >= 4 is 5.69 Å². The number of methoxy groups -OCH3 is 1. The lowest BCUT2D eigenvalue weighted by Crippen LogP contribution is -2.22. The minimum absolute atomic E-state index is 0.899. The summed E-state index contributed by atoms with van der Waals surface area (Å²) >= 11 is 0. The third-order valence-electron chi connectivity index (χ3n) is 3.68. The van der Waals surface area contributed by atoms with E-state index in [-0.39, 0.29) is 0 Å². The van der Waals surface area contributed by atoms with Gasteiger partial charge in [-0.1, -0.05) is 44.0 Å². The molecule has 0 aliphatic carbocycles. The van der Waals surface area contributed by atoms with Crippen molar-refractivity contribution in [2.75, 3.05) is 18.6 Å². The molecule has 0 atom stereocenters. The predicted molar refractivity (Wildman–Crippen MR) is 102 cm³/mol. The molecule has 0 fully saturated rings. The summed E-state index contributed by atoms with van der Waals surface area (Å²) in [5.74, 6) is 0.899. The fourth-order valence-electron chi connectivity index (χ4n) is 2.41. The van der Waals surface area contributed by atoms with Gasteiger partial charge in [0.25, 0.3) is 0 Å². The molecule has 23 heavy (non-hydrogen) atoms. The van der Waals surface area contributed by atoms with E-state index in [1.807, 2.05) is 12.1 Å².